The van der Waals surface area contributed by atoms with Gasteiger partial charge >= 0.3 is 0 Å². The second-order valence-corrected chi connectivity index (χ2v) is 9.45. The quantitative estimate of drug-likeness (QED) is 0.537. The van der Waals surface area contributed by atoms with Gasteiger partial charge in [0.2, 0.25) is 0 Å². The molecule has 2 bridgehead atoms. The van der Waals surface area contributed by atoms with E-state index in [1.807, 2.05) is 11.8 Å². The van der Waals surface area contributed by atoms with E-state index >= 15 is 0 Å². The number of carbonyl (C=O) groups excluding carboxylic acids is 2. The highest BCUT2D eigenvalue weighted by molar-refractivity contribution is 5.79. The largest absolute Gasteiger partial charge is 0.483 e. The fraction of sp³-hybridized carbons (Fsp3) is 0.667. The smallest absolute Gasteiger partial charge is 0.261 e. The van der Waals surface area contributed by atoms with Crippen molar-refractivity contribution in [3.8, 4) is 5.75 Å². The molecule has 3 atom stereocenters. The Balaban J connectivity index is 1.63. The number of amides is 1. The molecule has 0 unspecified atom stereocenters. The molecular formula is C24H32FNO5. The first-order chi connectivity index (χ1) is 14.9. The monoisotopic (exact) mass is 433 g/mol. The molecule has 1 aliphatic carbocycles. The SMILES string of the molecule is C[C@@H]1C[C@@](C)(COCC=O)[C@@H]2CO[C@H]3CC[C@H](CC3)c3c(F)cccc3OCC(=O)N12. The number of benzene rings is 1. The summed E-state index contributed by atoms with van der Waals surface area (Å²) in [5.74, 6) is 0.142. The number of hydrogen-bond donors (Lipinski definition) is 0. The molecule has 0 spiro atoms. The molecule has 5 rings (SSSR count). The van der Waals surface area contributed by atoms with Gasteiger partial charge in [-0.15, -0.1) is 0 Å². The second-order valence-electron chi connectivity index (χ2n) is 9.45. The number of carbonyl (C=O) groups is 2. The molecule has 31 heavy (non-hydrogen) atoms. The van der Waals surface area contributed by atoms with E-state index in [4.69, 9.17) is 14.2 Å². The Labute approximate surface area is 183 Å². The summed E-state index contributed by atoms with van der Waals surface area (Å²) in [6.45, 7) is 4.83. The number of halogens is 1. The topological polar surface area (TPSA) is 65.1 Å². The van der Waals surface area contributed by atoms with Crippen LogP contribution in [0.2, 0.25) is 0 Å². The summed E-state index contributed by atoms with van der Waals surface area (Å²) in [5, 5.41) is 0. The number of rotatable bonds is 4. The van der Waals surface area contributed by atoms with E-state index in [2.05, 4.69) is 6.92 Å². The highest BCUT2D eigenvalue weighted by Gasteiger charge is 2.50. The zero-order valence-electron chi connectivity index (χ0n) is 18.3. The van der Waals surface area contributed by atoms with Gasteiger partial charge in [-0.1, -0.05) is 13.0 Å². The van der Waals surface area contributed by atoms with Crippen LogP contribution < -0.4 is 4.74 Å². The van der Waals surface area contributed by atoms with Crippen LogP contribution in [0.15, 0.2) is 18.2 Å². The average molecular weight is 434 g/mol. The molecule has 170 valence electrons. The van der Waals surface area contributed by atoms with Crippen molar-refractivity contribution < 1.29 is 28.2 Å². The summed E-state index contributed by atoms with van der Waals surface area (Å²) in [6.07, 6.45) is 4.97. The Morgan fingerprint density at radius 1 is 1.29 bits per heavy atom. The molecule has 0 N–H and O–H groups in total. The molecule has 1 aromatic rings. The Kier molecular flexibility index (Phi) is 6.63. The fourth-order valence-electron chi connectivity index (χ4n) is 5.75. The third-order valence-corrected chi connectivity index (χ3v) is 7.22. The van der Waals surface area contributed by atoms with Crippen LogP contribution in [0.25, 0.3) is 0 Å². The Morgan fingerprint density at radius 3 is 2.81 bits per heavy atom. The standard InChI is InChI=1S/C24H32FNO5/c1-16-12-24(2,15-29-11-10-27)21-13-30-18-8-6-17(7-9-18)23-19(25)4-3-5-20(23)31-14-22(28)26(16)21/h3-5,10,16-18,21H,6-9,11-15H2,1-2H3/t16-,17-,18+,21+,24+/m1/s1. The number of fused-ring (bicyclic) bond motifs is 5. The molecule has 2 fully saturated rings. The molecule has 1 saturated heterocycles. The van der Waals surface area contributed by atoms with Crippen molar-refractivity contribution in [2.45, 2.75) is 70.1 Å². The maximum atomic E-state index is 14.7. The molecule has 1 saturated carbocycles. The van der Waals surface area contributed by atoms with Gasteiger partial charge < -0.3 is 23.9 Å². The van der Waals surface area contributed by atoms with Crippen LogP contribution >= 0.6 is 0 Å². The zero-order valence-corrected chi connectivity index (χ0v) is 18.3. The van der Waals surface area contributed by atoms with Gasteiger partial charge in [0.1, 0.15) is 24.5 Å². The van der Waals surface area contributed by atoms with Crippen molar-refractivity contribution in [2.24, 2.45) is 5.41 Å². The van der Waals surface area contributed by atoms with Gasteiger partial charge in [-0.05, 0) is 57.1 Å². The molecule has 3 aliphatic heterocycles. The highest BCUT2D eigenvalue weighted by atomic mass is 19.1. The molecule has 0 aromatic heterocycles. The van der Waals surface area contributed by atoms with E-state index in [0.29, 0.717) is 24.5 Å². The lowest BCUT2D eigenvalue weighted by molar-refractivity contribution is -0.140. The van der Waals surface area contributed by atoms with E-state index in [1.54, 1.807) is 12.1 Å². The third kappa shape index (κ3) is 4.48. The lowest BCUT2D eigenvalue weighted by Crippen LogP contribution is -2.50. The van der Waals surface area contributed by atoms with Gasteiger partial charge in [0, 0.05) is 17.0 Å². The maximum Gasteiger partial charge on any atom is 0.261 e. The summed E-state index contributed by atoms with van der Waals surface area (Å²) < 4.78 is 32.5. The Morgan fingerprint density at radius 2 is 2.06 bits per heavy atom. The van der Waals surface area contributed by atoms with Gasteiger partial charge in [0.05, 0.1) is 25.4 Å². The average Bonchev–Trinajstić information content (AvgIpc) is 3.01. The molecule has 6 nitrogen and oxygen atoms in total. The third-order valence-electron chi connectivity index (χ3n) is 7.22. The van der Waals surface area contributed by atoms with Crippen LogP contribution in [0, 0.1) is 11.2 Å². The van der Waals surface area contributed by atoms with Gasteiger partial charge in [0.25, 0.3) is 5.91 Å². The van der Waals surface area contributed by atoms with Crippen molar-refractivity contribution in [1.82, 2.24) is 4.90 Å². The zero-order chi connectivity index (χ0) is 22.0. The van der Waals surface area contributed by atoms with Crippen LogP contribution in [0.1, 0.15) is 57.4 Å². The van der Waals surface area contributed by atoms with Gasteiger partial charge in [-0.25, -0.2) is 4.39 Å². The summed E-state index contributed by atoms with van der Waals surface area (Å²) in [5.41, 5.74) is 0.269. The number of aldehydes is 1. The van der Waals surface area contributed by atoms with E-state index in [1.165, 1.54) is 6.07 Å². The van der Waals surface area contributed by atoms with Crippen molar-refractivity contribution in [2.75, 3.05) is 26.4 Å². The molecule has 0 radical (unpaired) electrons. The Bertz CT molecular complexity index is 809. The first-order valence-corrected chi connectivity index (χ1v) is 11.3. The molecule has 7 heteroatoms. The number of hydrogen-bond acceptors (Lipinski definition) is 5. The van der Waals surface area contributed by atoms with Crippen LogP contribution in [-0.2, 0) is 19.1 Å². The van der Waals surface area contributed by atoms with Crippen molar-refractivity contribution in [3.05, 3.63) is 29.6 Å². The normalized spacial score (nSPS) is 33.5. The van der Waals surface area contributed by atoms with E-state index in [9.17, 15) is 14.0 Å². The second kappa shape index (κ2) is 9.25. The number of ether oxygens (including phenoxy) is 3. The molecule has 1 amide bonds. The van der Waals surface area contributed by atoms with Gasteiger partial charge in [0.15, 0.2) is 6.61 Å². The summed E-state index contributed by atoms with van der Waals surface area (Å²) in [4.78, 5) is 25.8. The minimum Gasteiger partial charge on any atom is -0.483 e. The molecule has 1 aromatic carbocycles. The van der Waals surface area contributed by atoms with Crippen molar-refractivity contribution in [1.29, 1.82) is 0 Å². The fourth-order valence-corrected chi connectivity index (χ4v) is 5.75. The summed E-state index contributed by atoms with van der Waals surface area (Å²) >= 11 is 0. The first-order valence-electron chi connectivity index (χ1n) is 11.3. The lowest BCUT2D eigenvalue weighted by atomic mass is 9.81. The van der Waals surface area contributed by atoms with E-state index in [-0.39, 0.29) is 54.5 Å². The van der Waals surface area contributed by atoms with E-state index < -0.39 is 0 Å². The van der Waals surface area contributed by atoms with Crippen molar-refractivity contribution >= 4 is 12.2 Å². The summed E-state index contributed by atoms with van der Waals surface area (Å²) in [6, 6.07) is 4.68. The van der Waals surface area contributed by atoms with E-state index in [0.717, 1.165) is 38.4 Å². The Hall–Kier alpha value is -1.99. The highest BCUT2D eigenvalue weighted by Crippen LogP contribution is 2.44. The maximum absolute atomic E-state index is 14.7. The van der Waals surface area contributed by atoms with Gasteiger partial charge in [-0.3, -0.25) is 4.79 Å². The number of nitrogens with zero attached hydrogens (tertiary/aromatic N) is 1. The minimum absolute atomic E-state index is 0.0111. The van der Waals surface area contributed by atoms with Crippen LogP contribution in [0.4, 0.5) is 4.39 Å². The van der Waals surface area contributed by atoms with Crippen LogP contribution in [0.5, 0.6) is 5.75 Å². The molecule has 4 aliphatic rings. The minimum atomic E-state index is -0.320. The van der Waals surface area contributed by atoms with Crippen molar-refractivity contribution in [3.63, 3.8) is 0 Å². The predicted molar refractivity (Wildman–Crippen MR) is 113 cm³/mol. The predicted octanol–water partition coefficient (Wildman–Crippen LogP) is 3.47. The van der Waals surface area contributed by atoms with Gasteiger partial charge in [-0.2, -0.15) is 0 Å². The first kappa shape index (κ1) is 22.2. The summed E-state index contributed by atoms with van der Waals surface area (Å²) in [7, 11) is 0. The van der Waals surface area contributed by atoms with Crippen LogP contribution in [0.3, 0.4) is 0 Å². The molecule has 3 heterocycles. The molecular weight excluding hydrogens is 401 g/mol. The lowest BCUT2D eigenvalue weighted by Gasteiger charge is -2.37. The van der Waals surface area contributed by atoms with Crippen LogP contribution in [-0.4, -0.2) is 61.7 Å².